The standard InChI is InChI=1S/C26H25BrN2O5S/c1-4-12-34-20-9-7-6-8-18(20)23-22(25(32)33-5-2)15(3)28-26-29(23)24(31)21(35-26)14-16-13-17(27)10-11-19(16)30/h6-11,13-14,23,30H,4-5,12H2,1-3H3/b21-14-. The molecule has 1 aliphatic heterocycles. The van der Waals surface area contributed by atoms with Crippen molar-refractivity contribution >= 4 is 39.3 Å². The number of carbonyl (C=O) groups excluding carboxylic acids is 1. The van der Waals surface area contributed by atoms with E-state index in [1.54, 1.807) is 38.1 Å². The minimum absolute atomic E-state index is 0.0530. The number of aromatic hydroxyl groups is 1. The van der Waals surface area contributed by atoms with E-state index < -0.39 is 12.0 Å². The zero-order valence-electron chi connectivity index (χ0n) is 19.6. The largest absolute Gasteiger partial charge is 0.507 e. The number of aromatic nitrogens is 1. The highest BCUT2D eigenvalue weighted by atomic mass is 79.9. The number of fused-ring (bicyclic) bond motifs is 1. The monoisotopic (exact) mass is 556 g/mol. The molecule has 1 aromatic heterocycles. The van der Waals surface area contributed by atoms with Crippen LogP contribution in [0.15, 0.2) is 68.0 Å². The topological polar surface area (TPSA) is 90.1 Å². The summed E-state index contributed by atoms with van der Waals surface area (Å²) in [6, 6.07) is 11.6. The van der Waals surface area contributed by atoms with Crippen molar-refractivity contribution in [3.63, 3.8) is 0 Å². The SMILES string of the molecule is CCCOc1ccccc1C1C(C(=O)OCC)=C(C)N=c2s/c(=C\c3cc(Br)ccc3O)c(=O)n21. The lowest BCUT2D eigenvalue weighted by atomic mass is 9.95. The lowest BCUT2D eigenvalue weighted by Crippen LogP contribution is -2.40. The van der Waals surface area contributed by atoms with Crippen LogP contribution in [0.3, 0.4) is 0 Å². The van der Waals surface area contributed by atoms with Crippen molar-refractivity contribution in [2.24, 2.45) is 4.99 Å². The maximum atomic E-state index is 13.7. The number of phenolic OH excluding ortho intramolecular Hbond substituents is 1. The number of benzene rings is 2. The van der Waals surface area contributed by atoms with Gasteiger partial charge >= 0.3 is 5.97 Å². The molecule has 0 amide bonds. The van der Waals surface area contributed by atoms with Crippen LogP contribution in [-0.2, 0) is 9.53 Å². The Morgan fingerprint density at radius 3 is 2.77 bits per heavy atom. The van der Waals surface area contributed by atoms with Gasteiger partial charge in [0.2, 0.25) is 0 Å². The number of thiazole rings is 1. The summed E-state index contributed by atoms with van der Waals surface area (Å²) in [6.45, 7) is 6.19. The van der Waals surface area contributed by atoms with Crippen LogP contribution in [0.5, 0.6) is 11.5 Å². The second-order valence-corrected chi connectivity index (χ2v) is 9.82. The van der Waals surface area contributed by atoms with Gasteiger partial charge in [-0.3, -0.25) is 9.36 Å². The van der Waals surface area contributed by atoms with E-state index in [0.717, 1.165) is 10.9 Å². The summed E-state index contributed by atoms with van der Waals surface area (Å²) in [7, 11) is 0. The number of carbonyl (C=O) groups is 1. The fourth-order valence-corrected chi connectivity index (χ4v) is 5.33. The zero-order chi connectivity index (χ0) is 25.1. The van der Waals surface area contributed by atoms with Gasteiger partial charge in [-0.25, -0.2) is 9.79 Å². The van der Waals surface area contributed by atoms with Gasteiger partial charge in [-0.05, 0) is 50.6 Å². The van der Waals surface area contributed by atoms with Crippen LogP contribution in [-0.4, -0.2) is 28.9 Å². The predicted molar refractivity (Wildman–Crippen MR) is 138 cm³/mol. The van der Waals surface area contributed by atoms with Gasteiger partial charge in [0.1, 0.15) is 17.5 Å². The fourth-order valence-electron chi connectivity index (χ4n) is 3.92. The second-order valence-electron chi connectivity index (χ2n) is 7.89. The van der Waals surface area contributed by atoms with Gasteiger partial charge in [-0.2, -0.15) is 0 Å². The first-order valence-electron chi connectivity index (χ1n) is 11.3. The first-order chi connectivity index (χ1) is 16.8. The first-order valence-corrected chi connectivity index (χ1v) is 12.9. The van der Waals surface area contributed by atoms with Crippen molar-refractivity contribution < 1.29 is 19.4 Å². The molecular formula is C26H25BrN2O5S. The van der Waals surface area contributed by atoms with Crippen LogP contribution in [0.25, 0.3) is 6.08 Å². The number of hydrogen-bond acceptors (Lipinski definition) is 7. The molecule has 182 valence electrons. The Bertz CT molecular complexity index is 1490. The van der Waals surface area contributed by atoms with Crippen molar-refractivity contribution in [3.05, 3.63) is 89.0 Å². The quantitative estimate of drug-likeness (QED) is 0.443. The average Bonchev–Trinajstić information content (AvgIpc) is 3.14. The average molecular weight is 557 g/mol. The van der Waals surface area contributed by atoms with Crippen molar-refractivity contribution in [1.82, 2.24) is 4.57 Å². The molecule has 1 unspecified atom stereocenters. The molecule has 0 saturated heterocycles. The Morgan fingerprint density at radius 2 is 2.03 bits per heavy atom. The van der Waals surface area contributed by atoms with Gasteiger partial charge in [0.05, 0.1) is 29.0 Å². The number of halogens is 1. The smallest absolute Gasteiger partial charge is 0.338 e. The third-order valence-corrected chi connectivity index (χ3v) is 6.94. The molecule has 0 aliphatic carbocycles. The maximum Gasteiger partial charge on any atom is 0.338 e. The predicted octanol–water partition coefficient (Wildman–Crippen LogP) is 4.06. The lowest BCUT2D eigenvalue weighted by Gasteiger charge is -2.26. The Labute approximate surface area is 214 Å². The molecule has 1 atom stereocenters. The van der Waals surface area contributed by atoms with Crippen LogP contribution in [0, 0.1) is 0 Å². The van der Waals surface area contributed by atoms with Gasteiger partial charge in [-0.1, -0.05) is 52.4 Å². The molecule has 1 N–H and O–H groups in total. The van der Waals surface area contributed by atoms with Gasteiger partial charge in [-0.15, -0.1) is 0 Å². The molecule has 2 aromatic carbocycles. The number of para-hydroxylation sites is 1. The van der Waals surface area contributed by atoms with Gasteiger partial charge in [0.25, 0.3) is 5.56 Å². The zero-order valence-corrected chi connectivity index (χ0v) is 22.0. The van der Waals surface area contributed by atoms with E-state index in [4.69, 9.17) is 9.47 Å². The number of allylic oxidation sites excluding steroid dienone is 1. The van der Waals surface area contributed by atoms with Crippen LogP contribution in [0.1, 0.15) is 44.4 Å². The molecule has 0 fully saturated rings. The summed E-state index contributed by atoms with van der Waals surface area (Å²) < 4.78 is 14.0. The molecule has 9 heteroatoms. The minimum Gasteiger partial charge on any atom is -0.507 e. The van der Waals surface area contributed by atoms with Crippen molar-refractivity contribution in [3.8, 4) is 11.5 Å². The molecule has 7 nitrogen and oxygen atoms in total. The highest BCUT2D eigenvalue weighted by molar-refractivity contribution is 9.10. The number of esters is 1. The Kier molecular flexibility index (Phi) is 7.57. The highest BCUT2D eigenvalue weighted by Gasteiger charge is 2.35. The van der Waals surface area contributed by atoms with E-state index in [9.17, 15) is 14.7 Å². The third kappa shape index (κ3) is 4.97. The molecule has 4 rings (SSSR count). The molecular weight excluding hydrogens is 532 g/mol. The molecule has 0 bridgehead atoms. The number of nitrogens with zero attached hydrogens (tertiary/aromatic N) is 2. The van der Waals surface area contributed by atoms with E-state index in [-0.39, 0.29) is 17.9 Å². The Hall–Kier alpha value is -3.17. The maximum absolute atomic E-state index is 13.7. The van der Waals surface area contributed by atoms with Gasteiger partial charge < -0.3 is 14.6 Å². The summed E-state index contributed by atoms with van der Waals surface area (Å²) >= 11 is 4.60. The number of phenols is 1. The van der Waals surface area contributed by atoms with Crippen molar-refractivity contribution in [2.75, 3.05) is 13.2 Å². The van der Waals surface area contributed by atoms with E-state index in [1.807, 2.05) is 31.2 Å². The molecule has 0 spiro atoms. The van der Waals surface area contributed by atoms with Crippen LogP contribution in [0.4, 0.5) is 0 Å². The minimum atomic E-state index is -0.767. The molecule has 3 aromatic rings. The van der Waals surface area contributed by atoms with Gasteiger partial charge in [0, 0.05) is 15.6 Å². The van der Waals surface area contributed by atoms with E-state index >= 15 is 0 Å². The number of hydrogen-bond donors (Lipinski definition) is 1. The van der Waals surface area contributed by atoms with Crippen molar-refractivity contribution in [1.29, 1.82) is 0 Å². The highest BCUT2D eigenvalue weighted by Crippen LogP contribution is 2.36. The Morgan fingerprint density at radius 1 is 1.26 bits per heavy atom. The van der Waals surface area contributed by atoms with E-state index in [0.29, 0.717) is 44.1 Å². The van der Waals surface area contributed by atoms with Crippen LogP contribution < -0.4 is 19.6 Å². The third-order valence-electron chi connectivity index (χ3n) is 5.47. The first kappa shape index (κ1) is 24.9. The normalized spacial score (nSPS) is 15.5. The van der Waals surface area contributed by atoms with Crippen LogP contribution >= 0.6 is 27.3 Å². The summed E-state index contributed by atoms with van der Waals surface area (Å²) in [5.74, 6) is 0.121. The fraction of sp³-hybridized carbons (Fsp3) is 0.269. The molecule has 0 radical (unpaired) electrons. The number of ether oxygens (including phenoxy) is 2. The molecule has 1 aliphatic rings. The summed E-state index contributed by atoms with van der Waals surface area (Å²) in [4.78, 5) is 31.9. The second kappa shape index (κ2) is 10.6. The molecule has 0 saturated carbocycles. The number of rotatable bonds is 7. The molecule has 2 heterocycles. The molecule has 35 heavy (non-hydrogen) atoms. The van der Waals surface area contributed by atoms with Crippen molar-refractivity contribution in [2.45, 2.75) is 33.2 Å². The van der Waals surface area contributed by atoms with E-state index in [1.165, 1.54) is 15.9 Å². The summed E-state index contributed by atoms with van der Waals surface area (Å²) in [5, 5.41) is 10.3. The van der Waals surface area contributed by atoms with Crippen LogP contribution in [0.2, 0.25) is 0 Å². The lowest BCUT2D eigenvalue weighted by molar-refractivity contribution is -0.139. The summed E-state index contributed by atoms with van der Waals surface area (Å²) in [5.41, 5.74) is 1.63. The van der Waals surface area contributed by atoms with Gasteiger partial charge in [0.15, 0.2) is 4.80 Å². The van der Waals surface area contributed by atoms with E-state index in [2.05, 4.69) is 20.9 Å². The Balaban J connectivity index is 1.98. The summed E-state index contributed by atoms with van der Waals surface area (Å²) in [6.07, 6.45) is 2.44.